The van der Waals surface area contributed by atoms with Crippen LogP contribution in [-0.2, 0) is 21.4 Å². The standard InChI is InChI=1S/C18H21ClN4O3S/c1-12-6-8-14(9-7-12)23-27(25,26)18-15(11-21-22-18)17(24)20-10-13-4-2-3-5-16(13)19/h2-9,15,18,21-23H,10-11H2,1H3,(H,20,24). The third-order valence-electron chi connectivity index (χ3n) is 4.33. The maximum Gasteiger partial charge on any atom is 0.250 e. The molecule has 1 heterocycles. The van der Waals surface area contributed by atoms with E-state index < -0.39 is 21.3 Å². The molecule has 27 heavy (non-hydrogen) atoms. The Morgan fingerprint density at radius 1 is 1.19 bits per heavy atom. The van der Waals surface area contributed by atoms with E-state index in [-0.39, 0.29) is 19.0 Å². The van der Waals surface area contributed by atoms with Crippen LogP contribution in [0, 0.1) is 12.8 Å². The molecule has 2 unspecified atom stereocenters. The summed E-state index contributed by atoms with van der Waals surface area (Å²) in [7, 11) is -3.82. The van der Waals surface area contributed by atoms with Crippen LogP contribution in [0.3, 0.4) is 0 Å². The smallest absolute Gasteiger partial charge is 0.250 e. The highest BCUT2D eigenvalue weighted by Crippen LogP contribution is 2.20. The second kappa shape index (κ2) is 8.26. The van der Waals surface area contributed by atoms with Crippen molar-refractivity contribution in [2.45, 2.75) is 18.8 Å². The van der Waals surface area contributed by atoms with Crippen molar-refractivity contribution in [1.29, 1.82) is 0 Å². The van der Waals surface area contributed by atoms with Crippen molar-refractivity contribution >= 4 is 33.2 Å². The molecule has 1 aliphatic heterocycles. The van der Waals surface area contributed by atoms with Crippen LogP contribution in [0.5, 0.6) is 0 Å². The van der Waals surface area contributed by atoms with Crippen molar-refractivity contribution in [2.75, 3.05) is 11.3 Å². The van der Waals surface area contributed by atoms with Crippen LogP contribution in [-0.4, -0.2) is 26.2 Å². The Kier molecular flexibility index (Phi) is 6.01. The molecule has 9 heteroatoms. The molecule has 1 amide bonds. The van der Waals surface area contributed by atoms with Crippen LogP contribution in [0.4, 0.5) is 5.69 Å². The lowest BCUT2D eigenvalue weighted by molar-refractivity contribution is -0.124. The number of hydrazine groups is 1. The number of hydrogen-bond donors (Lipinski definition) is 4. The average molecular weight is 409 g/mol. The summed E-state index contributed by atoms with van der Waals surface area (Å²) in [6.45, 7) is 2.35. The van der Waals surface area contributed by atoms with E-state index in [1.165, 1.54) is 0 Å². The van der Waals surface area contributed by atoms with Gasteiger partial charge in [0.15, 0.2) is 5.37 Å². The maximum atomic E-state index is 12.7. The molecule has 7 nitrogen and oxygen atoms in total. The van der Waals surface area contributed by atoms with Gasteiger partial charge in [-0.15, -0.1) is 0 Å². The number of carbonyl (C=O) groups excluding carboxylic acids is 1. The molecule has 0 radical (unpaired) electrons. The Bertz CT molecular complexity index is 918. The summed E-state index contributed by atoms with van der Waals surface area (Å²) in [6, 6.07) is 14.2. The number of benzene rings is 2. The summed E-state index contributed by atoms with van der Waals surface area (Å²) in [5, 5.41) is 2.21. The molecule has 3 rings (SSSR count). The van der Waals surface area contributed by atoms with Crippen molar-refractivity contribution in [1.82, 2.24) is 16.2 Å². The van der Waals surface area contributed by atoms with Crippen molar-refractivity contribution in [2.24, 2.45) is 5.92 Å². The molecule has 0 spiro atoms. The highest BCUT2D eigenvalue weighted by Gasteiger charge is 2.41. The van der Waals surface area contributed by atoms with Gasteiger partial charge in [-0.2, -0.15) is 0 Å². The van der Waals surface area contributed by atoms with E-state index in [1.807, 2.05) is 25.1 Å². The molecule has 1 aliphatic rings. The lowest BCUT2D eigenvalue weighted by Gasteiger charge is -2.19. The minimum atomic E-state index is -3.82. The van der Waals surface area contributed by atoms with Gasteiger partial charge in [0, 0.05) is 23.8 Å². The first kappa shape index (κ1) is 19.6. The molecular weight excluding hydrogens is 388 g/mol. The molecule has 4 N–H and O–H groups in total. The number of anilines is 1. The van der Waals surface area contributed by atoms with Crippen LogP contribution in [0.25, 0.3) is 0 Å². The van der Waals surface area contributed by atoms with Gasteiger partial charge in [-0.05, 0) is 30.7 Å². The molecule has 0 aliphatic carbocycles. The Balaban J connectivity index is 1.67. The van der Waals surface area contributed by atoms with Gasteiger partial charge in [-0.3, -0.25) is 14.9 Å². The van der Waals surface area contributed by atoms with Crippen LogP contribution in [0.2, 0.25) is 5.02 Å². The number of aryl methyl sites for hydroxylation is 1. The number of rotatable bonds is 6. The summed E-state index contributed by atoms with van der Waals surface area (Å²) in [4.78, 5) is 12.6. The van der Waals surface area contributed by atoms with Crippen molar-refractivity contribution < 1.29 is 13.2 Å². The van der Waals surface area contributed by atoms with Crippen LogP contribution in [0.15, 0.2) is 48.5 Å². The Morgan fingerprint density at radius 3 is 2.59 bits per heavy atom. The van der Waals surface area contributed by atoms with Gasteiger partial charge in [0.1, 0.15) is 0 Å². The SMILES string of the molecule is Cc1ccc(NS(=O)(=O)C2NNCC2C(=O)NCc2ccccc2Cl)cc1. The highest BCUT2D eigenvalue weighted by molar-refractivity contribution is 7.93. The lowest BCUT2D eigenvalue weighted by atomic mass is 10.1. The van der Waals surface area contributed by atoms with Gasteiger partial charge in [-0.25, -0.2) is 13.8 Å². The van der Waals surface area contributed by atoms with Crippen molar-refractivity contribution in [3.05, 3.63) is 64.7 Å². The van der Waals surface area contributed by atoms with Gasteiger partial charge < -0.3 is 5.32 Å². The molecule has 1 fully saturated rings. The predicted octanol–water partition coefficient (Wildman–Crippen LogP) is 1.76. The lowest BCUT2D eigenvalue weighted by Crippen LogP contribution is -2.46. The van der Waals surface area contributed by atoms with Crippen LogP contribution < -0.4 is 20.9 Å². The van der Waals surface area contributed by atoms with Crippen molar-refractivity contribution in [3.63, 3.8) is 0 Å². The quantitative estimate of drug-likeness (QED) is 0.583. The fraction of sp³-hybridized carbons (Fsp3) is 0.278. The van der Waals surface area contributed by atoms with E-state index in [1.54, 1.807) is 30.3 Å². The van der Waals surface area contributed by atoms with E-state index >= 15 is 0 Å². The second-order valence-electron chi connectivity index (χ2n) is 6.37. The van der Waals surface area contributed by atoms with Crippen molar-refractivity contribution in [3.8, 4) is 0 Å². The first-order valence-corrected chi connectivity index (χ1v) is 10.4. The molecule has 0 bridgehead atoms. The number of nitrogens with one attached hydrogen (secondary N) is 4. The predicted molar refractivity (Wildman–Crippen MR) is 105 cm³/mol. The summed E-state index contributed by atoms with van der Waals surface area (Å²) >= 11 is 6.09. The van der Waals surface area contributed by atoms with Gasteiger partial charge in [0.25, 0.3) is 10.0 Å². The largest absolute Gasteiger partial charge is 0.352 e. The molecule has 2 atom stereocenters. The van der Waals surface area contributed by atoms with Gasteiger partial charge >= 0.3 is 0 Å². The normalized spacial score (nSPS) is 19.6. The number of sulfonamides is 1. The molecule has 0 saturated carbocycles. The molecule has 2 aromatic carbocycles. The molecule has 1 saturated heterocycles. The van der Waals surface area contributed by atoms with Gasteiger partial charge in [-0.1, -0.05) is 47.5 Å². The Morgan fingerprint density at radius 2 is 1.89 bits per heavy atom. The molecular formula is C18H21ClN4O3S. The summed E-state index contributed by atoms with van der Waals surface area (Å²) < 4.78 is 28.0. The van der Waals surface area contributed by atoms with Crippen LogP contribution in [0.1, 0.15) is 11.1 Å². The van der Waals surface area contributed by atoms with E-state index in [4.69, 9.17) is 11.6 Å². The highest BCUT2D eigenvalue weighted by atomic mass is 35.5. The minimum Gasteiger partial charge on any atom is -0.352 e. The average Bonchev–Trinajstić information content (AvgIpc) is 3.13. The fourth-order valence-electron chi connectivity index (χ4n) is 2.81. The monoisotopic (exact) mass is 408 g/mol. The number of carbonyl (C=O) groups is 1. The van der Waals surface area contributed by atoms with Crippen LogP contribution >= 0.6 is 11.6 Å². The minimum absolute atomic E-state index is 0.202. The third kappa shape index (κ3) is 4.78. The maximum absolute atomic E-state index is 12.7. The second-order valence-corrected chi connectivity index (χ2v) is 8.58. The topological polar surface area (TPSA) is 99.3 Å². The zero-order chi connectivity index (χ0) is 19.4. The van der Waals surface area contributed by atoms with E-state index in [9.17, 15) is 13.2 Å². The van der Waals surface area contributed by atoms with E-state index in [0.717, 1.165) is 11.1 Å². The van der Waals surface area contributed by atoms with E-state index in [0.29, 0.717) is 10.7 Å². The molecule has 144 valence electrons. The summed E-state index contributed by atoms with van der Waals surface area (Å²) in [5.41, 5.74) is 7.68. The molecule has 2 aromatic rings. The van der Waals surface area contributed by atoms with E-state index in [2.05, 4.69) is 20.9 Å². The third-order valence-corrected chi connectivity index (χ3v) is 6.33. The Labute approximate surface area is 163 Å². The first-order chi connectivity index (χ1) is 12.9. The molecule has 0 aromatic heterocycles. The summed E-state index contributed by atoms with van der Waals surface area (Å²) in [6.07, 6.45) is 0. The van der Waals surface area contributed by atoms with Gasteiger partial charge in [0.05, 0.1) is 5.92 Å². The number of amides is 1. The Hall–Kier alpha value is -2.13. The first-order valence-electron chi connectivity index (χ1n) is 8.44. The number of hydrogen-bond acceptors (Lipinski definition) is 5. The summed E-state index contributed by atoms with van der Waals surface area (Å²) in [5.74, 6) is -1.15. The zero-order valence-corrected chi connectivity index (χ0v) is 16.3. The zero-order valence-electron chi connectivity index (χ0n) is 14.7. The fourth-order valence-corrected chi connectivity index (χ4v) is 4.49. The van der Waals surface area contributed by atoms with Gasteiger partial charge in [0.2, 0.25) is 5.91 Å². The number of halogens is 1.